The normalized spacial score (nSPS) is 10.6. The minimum Gasteiger partial charge on any atom is -0.494 e. The van der Waals surface area contributed by atoms with Crippen molar-refractivity contribution in [1.29, 1.82) is 0 Å². The van der Waals surface area contributed by atoms with Gasteiger partial charge in [0.05, 0.1) is 17.5 Å². The third-order valence-electron chi connectivity index (χ3n) is 3.20. The lowest BCUT2D eigenvalue weighted by molar-refractivity contribution is 0.317. The third-order valence-corrected chi connectivity index (χ3v) is 3.20. The van der Waals surface area contributed by atoms with Crippen LogP contribution in [0.15, 0.2) is 53.3 Å². The third kappa shape index (κ3) is 3.09. The van der Waals surface area contributed by atoms with Crippen molar-refractivity contribution >= 4 is 22.5 Å². The summed E-state index contributed by atoms with van der Waals surface area (Å²) >= 11 is 0. The summed E-state index contributed by atoms with van der Waals surface area (Å²) in [5, 5.41) is 3.68. The molecule has 0 atom stereocenters. The molecule has 0 aliphatic heterocycles. The van der Waals surface area contributed by atoms with Crippen LogP contribution < -0.4 is 15.6 Å². The lowest BCUT2D eigenvalue weighted by Crippen LogP contribution is -2.11. The molecule has 3 aromatic rings. The van der Waals surface area contributed by atoms with Crippen molar-refractivity contribution in [3.63, 3.8) is 0 Å². The van der Waals surface area contributed by atoms with E-state index in [1.807, 2.05) is 42.5 Å². The number of ether oxygens (including phenoxy) is 1. The quantitative estimate of drug-likeness (QED) is 0.756. The Bertz CT molecular complexity index is 825. The molecule has 112 valence electrons. The van der Waals surface area contributed by atoms with Gasteiger partial charge in [-0.25, -0.2) is 4.98 Å². The van der Waals surface area contributed by atoms with Crippen molar-refractivity contribution in [3.05, 3.63) is 58.9 Å². The van der Waals surface area contributed by atoms with E-state index in [1.165, 1.54) is 0 Å². The molecular weight excluding hydrogens is 278 g/mol. The molecule has 5 heteroatoms. The molecule has 1 aromatic heterocycles. The van der Waals surface area contributed by atoms with Crippen molar-refractivity contribution in [1.82, 2.24) is 9.97 Å². The van der Waals surface area contributed by atoms with Gasteiger partial charge in [0, 0.05) is 5.69 Å². The number of anilines is 2. The van der Waals surface area contributed by atoms with Crippen molar-refractivity contribution in [2.75, 3.05) is 11.9 Å². The van der Waals surface area contributed by atoms with Gasteiger partial charge in [-0.2, -0.15) is 0 Å². The Morgan fingerprint density at radius 3 is 2.68 bits per heavy atom. The summed E-state index contributed by atoms with van der Waals surface area (Å²) < 4.78 is 5.54. The highest BCUT2D eigenvalue weighted by atomic mass is 16.5. The van der Waals surface area contributed by atoms with E-state index in [4.69, 9.17) is 4.74 Å². The number of hydrogen-bond donors (Lipinski definition) is 2. The zero-order valence-corrected chi connectivity index (χ0v) is 12.3. The number of aromatic amines is 1. The van der Waals surface area contributed by atoms with Crippen LogP contribution in [0.2, 0.25) is 0 Å². The molecule has 0 fully saturated rings. The van der Waals surface area contributed by atoms with Crippen LogP contribution in [-0.4, -0.2) is 16.6 Å². The molecule has 0 saturated heterocycles. The highest BCUT2D eigenvalue weighted by Gasteiger charge is 2.03. The van der Waals surface area contributed by atoms with Gasteiger partial charge in [-0.3, -0.25) is 9.78 Å². The Morgan fingerprint density at radius 2 is 1.91 bits per heavy atom. The van der Waals surface area contributed by atoms with Crippen LogP contribution >= 0.6 is 0 Å². The largest absolute Gasteiger partial charge is 0.494 e. The first kappa shape index (κ1) is 14.1. The van der Waals surface area contributed by atoms with Crippen molar-refractivity contribution < 1.29 is 4.74 Å². The Hall–Kier alpha value is -2.82. The number of hydrogen-bond acceptors (Lipinski definition) is 4. The number of aromatic nitrogens is 2. The maximum absolute atomic E-state index is 12.0. The van der Waals surface area contributed by atoms with Gasteiger partial charge in [0.1, 0.15) is 5.75 Å². The zero-order chi connectivity index (χ0) is 15.4. The van der Waals surface area contributed by atoms with Crippen molar-refractivity contribution in [3.8, 4) is 5.75 Å². The zero-order valence-electron chi connectivity index (χ0n) is 12.3. The van der Waals surface area contributed by atoms with Crippen LogP contribution in [0.4, 0.5) is 11.6 Å². The fourth-order valence-electron chi connectivity index (χ4n) is 2.14. The minimum atomic E-state index is -0.156. The molecule has 5 nitrogen and oxygen atoms in total. The Kier molecular flexibility index (Phi) is 4.05. The maximum atomic E-state index is 12.0. The predicted molar refractivity (Wildman–Crippen MR) is 87.9 cm³/mol. The molecule has 3 rings (SSSR count). The van der Waals surface area contributed by atoms with E-state index >= 15 is 0 Å². The standard InChI is InChI=1S/C17H17N3O2/c1-2-11-22-13-9-7-12(8-10-13)18-17-19-15-6-4-3-5-14(15)16(21)20-17/h3-10H,2,11H2,1H3,(H2,18,19,20,21). The minimum absolute atomic E-state index is 0.156. The second kappa shape index (κ2) is 6.30. The summed E-state index contributed by atoms with van der Waals surface area (Å²) in [4.78, 5) is 19.2. The Labute approximate surface area is 128 Å². The van der Waals surface area contributed by atoms with E-state index in [1.54, 1.807) is 6.07 Å². The molecular formula is C17H17N3O2. The summed E-state index contributed by atoms with van der Waals surface area (Å²) in [6, 6.07) is 14.8. The van der Waals surface area contributed by atoms with E-state index < -0.39 is 0 Å². The molecule has 2 aromatic carbocycles. The smallest absolute Gasteiger partial charge is 0.260 e. The van der Waals surface area contributed by atoms with Gasteiger partial charge in [-0.1, -0.05) is 19.1 Å². The van der Waals surface area contributed by atoms with E-state index in [0.717, 1.165) is 17.9 Å². The highest BCUT2D eigenvalue weighted by molar-refractivity contribution is 5.78. The molecule has 0 radical (unpaired) electrons. The van der Waals surface area contributed by atoms with Crippen LogP contribution in [0.25, 0.3) is 10.9 Å². The fraction of sp³-hybridized carbons (Fsp3) is 0.176. The molecule has 0 aliphatic carbocycles. The highest BCUT2D eigenvalue weighted by Crippen LogP contribution is 2.18. The SMILES string of the molecule is CCCOc1ccc(Nc2nc3ccccc3c(=O)[nH]2)cc1. The number of rotatable bonds is 5. The molecule has 0 amide bonds. The van der Waals surface area contributed by atoms with Gasteiger partial charge >= 0.3 is 0 Å². The van der Waals surface area contributed by atoms with Crippen LogP contribution in [0.3, 0.4) is 0 Å². The molecule has 0 unspecified atom stereocenters. The lowest BCUT2D eigenvalue weighted by atomic mass is 10.2. The summed E-state index contributed by atoms with van der Waals surface area (Å²) in [5.74, 6) is 1.25. The number of nitrogens with zero attached hydrogens (tertiary/aromatic N) is 1. The van der Waals surface area contributed by atoms with Crippen LogP contribution in [-0.2, 0) is 0 Å². The van der Waals surface area contributed by atoms with E-state index in [0.29, 0.717) is 23.5 Å². The predicted octanol–water partition coefficient (Wildman–Crippen LogP) is 3.46. The average Bonchev–Trinajstić information content (AvgIpc) is 2.54. The summed E-state index contributed by atoms with van der Waals surface area (Å²) in [6.07, 6.45) is 0.974. The molecule has 0 bridgehead atoms. The van der Waals surface area contributed by atoms with Crippen molar-refractivity contribution in [2.24, 2.45) is 0 Å². The Balaban J connectivity index is 1.82. The molecule has 22 heavy (non-hydrogen) atoms. The van der Waals surface area contributed by atoms with Gasteiger partial charge in [-0.15, -0.1) is 0 Å². The van der Waals surface area contributed by atoms with Crippen LogP contribution in [0.1, 0.15) is 13.3 Å². The number of nitrogens with one attached hydrogen (secondary N) is 2. The van der Waals surface area contributed by atoms with Crippen molar-refractivity contribution in [2.45, 2.75) is 13.3 Å². The summed E-state index contributed by atoms with van der Waals surface area (Å²) in [5.41, 5.74) is 1.34. The van der Waals surface area contributed by atoms with Gasteiger partial charge in [0.25, 0.3) is 5.56 Å². The lowest BCUT2D eigenvalue weighted by Gasteiger charge is -2.08. The van der Waals surface area contributed by atoms with Gasteiger partial charge in [-0.05, 0) is 42.8 Å². The second-order valence-electron chi connectivity index (χ2n) is 4.93. The number of H-pyrrole nitrogens is 1. The number of fused-ring (bicyclic) bond motifs is 1. The van der Waals surface area contributed by atoms with Gasteiger partial charge < -0.3 is 10.1 Å². The fourth-order valence-corrected chi connectivity index (χ4v) is 2.14. The van der Waals surface area contributed by atoms with Crippen LogP contribution in [0, 0.1) is 0 Å². The first-order chi connectivity index (χ1) is 10.8. The first-order valence-corrected chi connectivity index (χ1v) is 7.25. The van der Waals surface area contributed by atoms with Crippen LogP contribution in [0.5, 0.6) is 5.75 Å². The molecule has 0 aliphatic rings. The summed E-state index contributed by atoms with van der Waals surface area (Å²) in [6.45, 7) is 2.77. The monoisotopic (exact) mass is 295 g/mol. The van der Waals surface area contributed by atoms with E-state index in [-0.39, 0.29) is 5.56 Å². The Morgan fingerprint density at radius 1 is 1.14 bits per heavy atom. The molecule has 2 N–H and O–H groups in total. The average molecular weight is 295 g/mol. The molecule has 1 heterocycles. The van der Waals surface area contributed by atoms with E-state index in [9.17, 15) is 4.79 Å². The topological polar surface area (TPSA) is 67.0 Å². The van der Waals surface area contributed by atoms with E-state index in [2.05, 4.69) is 22.2 Å². The first-order valence-electron chi connectivity index (χ1n) is 7.25. The summed E-state index contributed by atoms with van der Waals surface area (Å²) in [7, 11) is 0. The maximum Gasteiger partial charge on any atom is 0.260 e. The molecule has 0 saturated carbocycles. The number of para-hydroxylation sites is 1. The van der Waals surface area contributed by atoms with Gasteiger partial charge in [0.15, 0.2) is 0 Å². The number of benzene rings is 2. The second-order valence-corrected chi connectivity index (χ2v) is 4.93. The molecule has 0 spiro atoms. The van der Waals surface area contributed by atoms with Gasteiger partial charge in [0.2, 0.25) is 5.95 Å².